The second-order valence-electron chi connectivity index (χ2n) is 5.21. The number of phenols is 1. The van der Waals surface area contributed by atoms with Crippen molar-refractivity contribution in [3.05, 3.63) is 42.0 Å². The lowest BCUT2D eigenvalue weighted by Crippen LogP contribution is -2.19. The van der Waals surface area contributed by atoms with Crippen LogP contribution in [0.3, 0.4) is 0 Å². The van der Waals surface area contributed by atoms with Crippen molar-refractivity contribution in [2.75, 3.05) is 0 Å². The van der Waals surface area contributed by atoms with E-state index in [-0.39, 0.29) is 11.7 Å². The molecule has 0 radical (unpaired) electrons. The van der Waals surface area contributed by atoms with Crippen molar-refractivity contribution >= 4 is 12.1 Å². The zero-order valence-electron chi connectivity index (χ0n) is 10.5. The maximum absolute atomic E-state index is 11.8. The number of carbonyl (C=O) groups is 1. The first kappa shape index (κ1) is 12.0. The van der Waals surface area contributed by atoms with Crippen molar-refractivity contribution in [1.82, 2.24) is 5.43 Å². The number of hydrazone groups is 1. The molecule has 1 aromatic rings. The Morgan fingerprint density at radius 3 is 2.68 bits per heavy atom. The number of aromatic hydroxyl groups is 1. The quantitative estimate of drug-likeness (QED) is 0.495. The molecular formula is C15H16N2O2. The van der Waals surface area contributed by atoms with Crippen molar-refractivity contribution in [2.45, 2.75) is 12.8 Å². The van der Waals surface area contributed by atoms with Gasteiger partial charge in [0.15, 0.2) is 0 Å². The summed E-state index contributed by atoms with van der Waals surface area (Å²) in [5, 5.41) is 13.2. The van der Waals surface area contributed by atoms with Gasteiger partial charge in [0.2, 0.25) is 0 Å². The van der Waals surface area contributed by atoms with Crippen molar-refractivity contribution in [3.8, 4) is 5.75 Å². The molecule has 0 spiro atoms. The van der Waals surface area contributed by atoms with Gasteiger partial charge in [-0.2, -0.15) is 5.10 Å². The third-order valence-corrected chi connectivity index (χ3v) is 3.89. The molecule has 4 heteroatoms. The standard InChI is InChI=1S/C15H16N2O2/c18-14-5-3-11(4-6-14)15(19)17-16-9-13-8-10-1-2-12(13)7-10/h1-6,9-10,12-13,18H,7-8H2,(H,17,19)/b16-9-/t10-,12-,13+/m0/s1. The second-order valence-corrected chi connectivity index (χ2v) is 5.21. The highest BCUT2D eigenvalue weighted by Crippen LogP contribution is 2.42. The Bertz CT molecular complexity index is 534. The Hall–Kier alpha value is -2.10. The van der Waals surface area contributed by atoms with Crippen molar-refractivity contribution < 1.29 is 9.90 Å². The van der Waals surface area contributed by atoms with E-state index in [1.165, 1.54) is 18.6 Å². The SMILES string of the molecule is O=C(N/N=C\[C@H]1C[C@H]2C=C[C@H]1C2)c1ccc(O)cc1. The second kappa shape index (κ2) is 4.88. The summed E-state index contributed by atoms with van der Waals surface area (Å²) < 4.78 is 0. The van der Waals surface area contributed by atoms with E-state index in [2.05, 4.69) is 22.7 Å². The van der Waals surface area contributed by atoms with Gasteiger partial charge in [-0.15, -0.1) is 0 Å². The fraction of sp³-hybridized carbons (Fsp3) is 0.333. The Morgan fingerprint density at radius 2 is 2.05 bits per heavy atom. The number of carbonyl (C=O) groups excluding carboxylic acids is 1. The van der Waals surface area contributed by atoms with Crippen LogP contribution in [0.5, 0.6) is 5.75 Å². The highest BCUT2D eigenvalue weighted by molar-refractivity contribution is 5.94. The van der Waals surface area contributed by atoms with Crippen molar-refractivity contribution in [1.29, 1.82) is 0 Å². The molecule has 0 saturated heterocycles. The number of nitrogens with one attached hydrogen (secondary N) is 1. The van der Waals surface area contributed by atoms with Gasteiger partial charge in [-0.1, -0.05) is 12.2 Å². The lowest BCUT2D eigenvalue weighted by Gasteiger charge is -2.11. The molecule has 0 heterocycles. The number of rotatable bonds is 3. The van der Waals surface area contributed by atoms with E-state index < -0.39 is 0 Å². The normalized spacial score (nSPS) is 28.1. The van der Waals surface area contributed by atoms with E-state index in [0.29, 0.717) is 23.3 Å². The topological polar surface area (TPSA) is 61.7 Å². The predicted molar refractivity (Wildman–Crippen MR) is 72.9 cm³/mol. The summed E-state index contributed by atoms with van der Waals surface area (Å²) in [5.41, 5.74) is 3.02. The molecule has 2 aliphatic carbocycles. The van der Waals surface area contributed by atoms with E-state index in [0.717, 1.165) is 6.42 Å². The molecule has 1 amide bonds. The first-order chi connectivity index (χ1) is 9.22. The molecule has 0 aliphatic heterocycles. The summed E-state index contributed by atoms with van der Waals surface area (Å²) in [6.07, 6.45) is 8.76. The molecule has 0 unspecified atom stereocenters. The van der Waals surface area contributed by atoms with Gasteiger partial charge >= 0.3 is 0 Å². The molecule has 3 rings (SSSR count). The van der Waals surface area contributed by atoms with Gasteiger partial charge in [0.05, 0.1) is 0 Å². The molecule has 1 aromatic carbocycles. The molecular weight excluding hydrogens is 240 g/mol. The van der Waals surface area contributed by atoms with Crippen LogP contribution < -0.4 is 5.43 Å². The largest absolute Gasteiger partial charge is 0.508 e. The molecule has 2 aliphatic rings. The van der Waals surface area contributed by atoms with E-state index >= 15 is 0 Å². The number of hydrogen-bond acceptors (Lipinski definition) is 3. The van der Waals surface area contributed by atoms with E-state index in [9.17, 15) is 4.79 Å². The molecule has 19 heavy (non-hydrogen) atoms. The van der Waals surface area contributed by atoms with Crippen LogP contribution >= 0.6 is 0 Å². The van der Waals surface area contributed by atoms with Gasteiger partial charge in [-0.05, 0) is 48.9 Å². The summed E-state index contributed by atoms with van der Waals surface area (Å²) in [7, 11) is 0. The Labute approximate surface area is 111 Å². The van der Waals surface area contributed by atoms with Crippen LogP contribution in [0.25, 0.3) is 0 Å². The number of nitrogens with zero attached hydrogens (tertiary/aromatic N) is 1. The third kappa shape index (κ3) is 2.52. The van der Waals surface area contributed by atoms with Crippen LogP contribution in [0.2, 0.25) is 0 Å². The predicted octanol–water partition coefficient (Wildman–Crippen LogP) is 2.32. The van der Waals surface area contributed by atoms with Gasteiger partial charge in [-0.25, -0.2) is 5.43 Å². The van der Waals surface area contributed by atoms with Crippen LogP contribution in [-0.4, -0.2) is 17.2 Å². The fourth-order valence-electron chi connectivity index (χ4n) is 2.86. The number of fused-ring (bicyclic) bond motifs is 2. The Kier molecular flexibility index (Phi) is 3.07. The number of hydrogen-bond donors (Lipinski definition) is 2. The molecule has 2 N–H and O–H groups in total. The zero-order valence-corrected chi connectivity index (χ0v) is 10.5. The zero-order chi connectivity index (χ0) is 13.2. The van der Waals surface area contributed by atoms with E-state index in [4.69, 9.17) is 5.11 Å². The van der Waals surface area contributed by atoms with Crippen LogP contribution in [0.4, 0.5) is 0 Å². The average molecular weight is 256 g/mol. The summed E-state index contributed by atoms with van der Waals surface area (Å²) in [5.74, 6) is 1.65. The molecule has 1 fully saturated rings. The molecule has 4 nitrogen and oxygen atoms in total. The van der Waals surface area contributed by atoms with Crippen LogP contribution in [0.15, 0.2) is 41.5 Å². The summed E-state index contributed by atoms with van der Waals surface area (Å²) in [6, 6.07) is 6.11. The summed E-state index contributed by atoms with van der Waals surface area (Å²) in [4.78, 5) is 11.8. The highest BCUT2D eigenvalue weighted by Gasteiger charge is 2.34. The number of allylic oxidation sites excluding steroid dienone is 2. The molecule has 3 atom stereocenters. The number of phenolic OH excluding ortho intramolecular Hbond substituents is 1. The lowest BCUT2D eigenvalue weighted by atomic mass is 9.95. The van der Waals surface area contributed by atoms with Gasteiger partial charge in [0, 0.05) is 17.7 Å². The highest BCUT2D eigenvalue weighted by atomic mass is 16.3. The van der Waals surface area contributed by atoms with Gasteiger partial charge in [-0.3, -0.25) is 4.79 Å². The number of benzene rings is 1. The van der Waals surface area contributed by atoms with Crippen LogP contribution in [0, 0.1) is 17.8 Å². The minimum atomic E-state index is -0.255. The molecule has 0 aromatic heterocycles. The third-order valence-electron chi connectivity index (χ3n) is 3.89. The molecule has 98 valence electrons. The van der Waals surface area contributed by atoms with Crippen molar-refractivity contribution in [2.24, 2.45) is 22.9 Å². The van der Waals surface area contributed by atoms with Crippen LogP contribution in [0.1, 0.15) is 23.2 Å². The Balaban J connectivity index is 1.56. The minimum absolute atomic E-state index is 0.147. The minimum Gasteiger partial charge on any atom is -0.508 e. The molecule has 1 saturated carbocycles. The monoisotopic (exact) mass is 256 g/mol. The smallest absolute Gasteiger partial charge is 0.271 e. The van der Waals surface area contributed by atoms with Crippen molar-refractivity contribution in [3.63, 3.8) is 0 Å². The van der Waals surface area contributed by atoms with Gasteiger partial charge in [0.1, 0.15) is 5.75 Å². The first-order valence-corrected chi connectivity index (χ1v) is 6.53. The first-order valence-electron chi connectivity index (χ1n) is 6.53. The summed E-state index contributed by atoms with van der Waals surface area (Å²) >= 11 is 0. The van der Waals surface area contributed by atoms with Crippen LogP contribution in [-0.2, 0) is 0 Å². The van der Waals surface area contributed by atoms with Gasteiger partial charge in [0.25, 0.3) is 5.91 Å². The number of amides is 1. The molecule has 2 bridgehead atoms. The van der Waals surface area contributed by atoms with Gasteiger partial charge < -0.3 is 5.11 Å². The fourth-order valence-corrected chi connectivity index (χ4v) is 2.86. The Morgan fingerprint density at radius 1 is 1.26 bits per heavy atom. The average Bonchev–Trinajstić information content (AvgIpc) is 3.02. The van der Waals surface area contributed by atoms with E-state index in [1.54, 1.807) is 12.1 Å². The lowest BCUT2D eigenvalue weighted by molar-refractivity contribution is 0.0955. The maximum atomic E-state index is 11.8. The van der Waals surface area contributed by atoms with E-state index in [1.807, 2.05) is 6.21 Å². The maximum Gasteiger partial charge on any atom is 0.271 e. The summed E-state index contributed by atoms with van der Waals surface area (Å²) in [6.45, 7) is 0.